The predicted octanol–water partition coefficient (Wildman–Crippen LogP) is 1.35. The molecule has 0 spiro atoms. The van der Waals surface area contributed by atoms with Crippen LogP contribution in [0.3, 0.4) is 0 Å². The van der Waals surface area contributed by atoms with Crippen molar-refractivity contribution in [1.82, 2.24) is 4.31 Å². The number of hydrogen-bond acceptors (Lipinski definition) is 3. The zero-order valence-corrected chi connectivity index (χ0v) is 11.3. The molecule has 0 saturated carbocycles. The lowest BCUT2D eigenvalue weighted by molar-refractivity contribution is 0.403. The monoisotopic (exact) mass is 268 g/mol. The van der Waals surface area contributed by atoms with Crippen molar-refractivity contribution in [1.29, 1.82) is 0 Å². The molecule has 0 atom stereocenters. The Hall–Kier alpha value is -1.17. The lowest BCUT2D eigenvalue weighted by atomic mass is 10.2. The minimum atomic E-state index is -3.28. The summed E-state index contributed by atoms with van der Waals surface area (Å²) in [6.45, 7) is 4.80. The molecule has 1 rings (SSSR count). The van der Waals surface area contributed by atoms with Gasteiger partial charge in [0.1, 0.15) is 0 Å². The summed E-state index contributed by atoms with van der Waals surface area (Å²) in [5.74, 6) is -0.0373. The third kappa shape index (κ3) is 4.60. The van der Waals surface area contributed by atoms with Gasteiger partial charge in [0.2, 0.25) is 10.0 Å². The molecule has 0 aliphatic carbocycles. The van der Waals surface area contributed by atoms with Gasteiger partial charge in [0, 0.05) is 13.1 Å². The molecule has 0 aliphatic rings. The third-order valence-corrected chi connectivity index (χ3v) is 4.29. The molecule has 0 bridgehead atoms. The Morgan fingerprint density at radius 3 is 2.50 bits per heavy atom. The molecule has 5 heteroatoms. The molecule has 18 heavy (non-hydrogen) atoms. The van der Waals surface area contributed by atoms with Gasteiger partial charge in [-0.15, -0.1) is 6.58 Å². The van der Waals surface area contributed by atoms with E-state index in [-0.39, 0.29) is 5.75 Å². The number of sulfonamides is 1. The Morgan fingerprint density at radius 1 is 1.28 bits per heavy atom. The highest BCUT2D eigenvalue weighted by molar-refractivity contribution is 7.89. The first-order valence-electron chi connectivity index (χ1n) is 5.93. The van der Waals surface area contributed by atoms with Gasteiger partial charge in [0.25, 0.3) is 0 Å². The van der Waals surface area contributed by atoms with Crippen LogP contribution in [0.1, 0.15) is 12.0 Å². The van der Waals surface area contributed by atoms with Crippen LogP contribution in [0.2, 0.25) is 0 Å². The van der Waals surface area contributed by atoms with Gasteiger partial charge in [-0.25, -0.2) is 8.42 Å². The van der Waals surface area contributed by atoms with E-state index in [1.807, 2.05) is 30.3 Å². The average Bonchev–Trinajstić information content (AvgIpc) is 2.35. The second-order valence-corrected chi connectivity index (χ2v) is 6.04. The molecule has 0 fully saturated rings. The maximum Gasteiger partial charge on any atom is 0.217 e. The number of benzene rings is 1. The van der Waals surface area contributed by atoms with Crippen molar-refractivity contribution in [2.24, 2.45) is 5.73 Å². The van der Waals surface area contributed by atoms with Gasteiger partial charge in [0.05, 0.1) is 5.75 Å². The maximum atomic E-state index is 12.1. The van der Waals surface area contributed by atoms with E-state index >= 15 is 0 Å². The molecule has 0 aliphatic heterocycles. The van der Waals surface area contributed by atoms with Gasteiger partial charge in [0.15, 0.2) is 0 Å². The molecule has 0 unspecified atom stereocenters. The molecular formula is C13H20N2O2S. The van der Waals surface area contributed by atoms with Gasteiger partial charge >= 0.3 is 0 Å². The van der Waals surface area contributed by atoms with Crippen LogP contribution in [0.15, 0.2) is 43.0 Å². The SMILES string of the molecule is C=CCS(=O)(=O)N(CCCN)Cc1ccccc1. The largest absolute Gasteiger partial charge is 0.330 e. The van der Waals surface area contributed by atoms with Crippen LogP contribution in [0.25, 0.3) is 0 Å². The Bertz CT molecular complexity index is 457. The molecule has 0 heterocycles. The minimum Gasteiger partial charge on any atom is -0.330 e. The highest BCUT2D eigenvalue weighted by Crippen LogP contribution is 2.10. The molecule has 0 aromatic heterocycles. The molecule has 2 N–H and O–H groups in total. The average molecular weight is 268 g/mol. The fourth-order valence-corrected chi connectivity index (χ4v) is 2.89. The Kier molecular flexibility index (Phi) is 6.04. The Labute approximate surface area is 109 Å². The highest BCUT2D eigenvalue weighted by Gasteiger charge is 2.19. The fourth-order valence-electron chi connectivity index (χ4n) is 1.63. The number of hydrogen-bond donors (Lipinski definition) is 1. The Balaban J connectivity index is 2.82. The highest BCUT2D eigenvalue weighted by atomic mass is 32.2. The summed E-state index contributed by atoms with van der Waals surface area (Å²) >= 11 is 0. The van der Waals surface area contributed by atoms with Crippen molar-refractivity contribution in [3.05, 3.63) is 48.6 Å². The van der Waals surface area contributed by atoms with Crippen LogP contribution in [0.5, 0.6) is 0 Å². The van der Waals surface area contributed by atoms with Crippen LogP contribution in [-0.4, -0.2) is 31.6 Å². The Morgan fingerprint density at radius 2 is 1.94 bits per heavy atom. The molecule has 4 nitrogen and oxygen atoms in total. The van der Waals surface area contributed by atoms with E-state index in [1.165, 1.54) is 10.4 Å². The van der Waals surface area contributed by atoms with Gasteiger partial charge in [-0.05, 0) is 18.5 Å². The van der Waals surface area contributed by atoms with Gasteiger partial charge in [-0.2, -0.15) is 4.31 Å². The smallest absolute Gasteiger partial charge is 0.217 e. The summed E-state index contributed by atoms with van der Waals surface area (Å²) in [4.78, 5) is 0. The summed E-state index contributed by atoms with van der Waals surface area (Å²) in [6, 6.07) is 9.54. The van der Waals surface area contributed by atoms with E-state index in [2.05, 4.69) is 6.58 Å². The number of rotatable bonds is 8. The quantitative estimate of drug-likeness (QED) is 0.724. The molecule has 0 saturated heterocycles. The van der Waals surface area contributed by atoms with Gasteiger partial charge in [-0.3, -0.25) is 0 Å². The molecule has 0 radical (unpaired) electrons. The summed E-state index contributed by atoms with van der Waals surface area (Å²) in [5.41, 5.74) is 6.42. The summed E-state index contributed by atoms with van der Waals surface area (Å²) < 4.78 is 25.6. The van der Waals surface area contributed by atoms with Crippen molar-refractivity contribution in [2.75, 3.05) is 18.8 Å². The third-order valence-electron chi connectivity index (χ3n) is 2.54. The molecule has 1 aromatic rings. The van der Waals surface area contributed by atoms with Crippen molar-refractivity contribution in [3.63, 3.8) is 0 Å². The van der Waals surface area contributed by atoms with Gasteiger partial charge < -0.3 is 5.73 Å². The van der Waals surface area contributed by atoms with Crippen molar-refractivity contribution in [3.8, 4) is 0 Å². The predicted molar refractivity (Wildman–Crippen MR) is 74.5 cm³/mol. The molecular weight excluding hydrogens is 248 g/mol. The van der Waals surface area contributed by atoms with E-state index < -0.39 is 10.0 Å². The van der Waals surface area contributed by atoms with E-state index in [1.54, 1.807) is 0 Å². The first-order valence-corrected chi connectivity index (χ1v) is 7.54. The number of nitrogens with two attached hydrogens (primary N) is 1. The van der Waals surface area contributed by atoms with Crippen molar-refractivity contribution in [2.45, 2.75) is 13.0 Å². The second kappa shape index (κ2) is 7.31. The zero-order chi connectivity index (χ0) is 13.4. The maximum absolute atomic E-state index is 12.1. The van der Waals surface area contributed by atoms with Crippen LogP contribution >= 0.6 is 0 Å². The lowest BCUT2D eigenvalue weighted by Crippen LogP contribution is -2.33. The molecule has 100 valence electrons. The number of nitrogens with zero attached hydrogens (tertiary/aromatic N) is 1. The topological polar surface area (TPSA) is 63.4 Å². The van der Waals surface area contributed by atoms with E-state index in [0.29, 0.717) is 26.1 Å². The van der Waals surface area contributed by atoms with Crippen LogP contribution < -0.4 is 5.73 Å². The lowest BCUT2D eigenvalue weighted by Gasteiger charge is -2.21. The standard InChI is InChI=1S/C13H20N2O2S/c1-2-11-18(16,17)15(10-6-9-14)12-13-7-4-3-5-8-13/h2-5,7-8H,1,6,9-12,14H2. The van der Waals surface area contributed by atoms with Crippen molar-refractivity contribution < 1.29 is 8.42 Å². The van der Waals surface area contributed by atoms with Gasteiger partial charge in [-0.1, -0.05) is 36.4 Å². The van der Waals surface area contributed by atoms with E-state index in [4.69, 9.17) is 5.73 Å². The van der Waals surface area contributed by atoms with Crippen LogP contribution in [0, 0.1) is 0 Å². The summed E-state index contributed by atoms with van der Waals surface area (Å²) in [5, 5.41) is 0. The summed E-state index contributed by atoms with van der Waals surface area (Å²) in [6.07, 6.45) is 2.07. The van der Waals surface area contributed by atoms with Crippen LogP contribution in [0.4, 0.5) is 0 Å². The molecule has 1 aromatic carbocycles. The second-order valence-electron chi connectivity index (χ2n) is 4.03. The van der Waals surface area contributed by atoms with Crippen LogP contribution in [-0.2, 0) is 16.6 Å². The summed E-state index contributed by atoms with van der Waals surface area (Å²) in [7, 11) is -3.28. The van der Waals surface area contributed by atoms with E-state index in [9.17, 15) is 8.42 Å². The van der Waals surface area contributed by atoms with Crippen molar-refractivity contribution >= 4 is 10.0 Å². The molecule has 0 amide bonds. The normalized spacial score (nSPS) is 11.7. The minimum absolute atomic E-state index is 0.0373. The zero-order valence-electron chi connectivity index (χ0n) is 10.5. The van der Waals surface area contributed by atoms with E-state index in [0.717, 1.165) is 5.56 Å². The first kappa shape index (κ1) is 14.9. The first-order chi connectivity index (χ1) is 8.60. The fraction of sp³-hybridized carbons (Fsp3) is 0.385.